The van der Waals surface area contributed by atoms with Crippen LogP contribution in [0.5, 0.6) is 23.0 Å². The maximum absolute atomic E-state index is 6.76. The highest BCUT2D eigenvalue weighted by Gasteiger charge is 2.27. The lowest BCUT2D eigenvalue weighted by atomic mass is 10.00. The van der Waals surface area contributed by atoms with Gasteiger partial charge in [-0.2, -0.15) is 0 Å². The number of hydrogen-bond acceptors (Lipinski definition) is 4. The minimum atomic E-state index is 0.788. The first kappa shape index (κ1) is 32.0. The van der Waals surface area contributed by atoms with Gasteiger partial charge < -0.3 is 23.7 Å². The van der Waals surface area contributed by atoms with Crippen LogP contribution in [0.2, 0.25) is 0 Å². The van der Waals surface area contributed by atoms with Gasteiger partial charge in [-0.05, 0) is 118 Å². The predicted molar refractivity (Wildman–Crippen MR) is 220 cm³/mol. The Morgan fingerprint density at radius 3 is 1.34 bits per heavy atom. The highest BCUT2D eigenvalue weighted by atomic mass is 16.5. The van der Waals surface area contributed by atoms with Crippen LogP contribution in [0.3, 0.4) is 0 Å². The van der Waals surface area contributed by atoms with Crippen LogP contribution in [0.25, 0.3) is 61.9 Å². The summed E-state index contributed by atoms with van der Waals surface area (Å²) >= 11 is 0. The maximum Gasteiger partial charge on any atom is 0.152 e. The number of aromatic nitrogens is 1. The van der Waals surface area contributed by atoms with E-state index >= 15 is 0 Å². The van der Waals surface area contributed by atoms with Crippen LogP contribution in [-0.2, 0) is 0 Å². The van der Waals surface area contributed by atoms with Crippen LogP contribution >= 0.6 is 0 Å². The zero-order valence-corrected chi connectivity index (χ0v) is 29.5. The molecular weight excluding hydrogens is 653 g/mol. The highest BCUT2D eigenvalue weighted by molar-refractivity contribution is 6.10. The van der Waals surface area contributed by atoms with Crippen molar-refractivity contribution in [2.75, 3.05) is 19.1 Å². The number of ether oxygens (including phenoxy) is 3. The molecule has 8 aromatic rings. The van der Waals surface area contributed by atoms with Gasteiger partial charge in [-0.1, -0.05) is 86.0 Å². The van der Waals surface area contributed by atoms with Gasteiger partial charge in [0.2, 0.25) is 0 Å². The first-order chi connectivity index (χ1) is 26.0. The smallest absolute Gasteiger partial charge is 0.152 e. The van der Waals surface area contributed by atoms with E-state index in [1.54, 1.807) is 14.2 Å². The third kappa shape index (κ3) is 5.51. The number of methoxy groups -OCH3 is 2. The first-order valence-electron chi connectivity index (χ1n) is 17.5. The number of anilines is 3. The summed E-state index contributed by atoms with van der Waals surface area (Å²) in [6.07, 6.45) is 3.72. The van der Waals surface area contributed by atoms with Crippen LogP contribution < -0.4 is 19.1 Å². The average molecular weight is 689 g/mol. The van der Waals surface area contributed by atoms with Crippen molar-refractivity contribution in [1.29, 1.82) is 0 Å². The Morgan fingerprint density at radius 2 is 0.906 bits per heavy atom. The number of rotatable bonds is 8. The summed E-state index contributed by atoms with van der Waals surface area (Å²) in [5.41, 5.74) is 12.7. The van der Waals surface area contributed by atoms with Gasteiger partial charge in [-0.25, -0.2) is 0 Å². The molecule has 0 saturated heterocycles. The largest absolute Gasteiger partial charge is 0.497 e. The number of fused-ring (bicyclic) bond motifs is 5. The monoisotopic (exact) mass is 688 g/mol. The fourth-order valence-corrected chi connectivity index (χ4v) is 7.33. The Morgan fingerprint density at radius 1 is 0.472 bits per heavy atom. The molecule has 5 heteroatoms. The fraction of sp³-hybridized carbons (Fsp3) is 0.0417. The molecule has 0 fully saturated rings. The van der Waals surface area contributed by atoms with E-state index in [1.807, 2.05) is 24.3 Å². The molecule has 0 spiro atoms. The molecule has 256 valence electrons. The summed E-state index contributed by atoms with van der Waals surface area (Å²) in [5, 5.41) is 2.20. The molecule has 0 N–H and O–H groups in total. The second-order valence-corrected chi connectivity index (χ2v) is 13.1. The number of benzene rings is 7. The van der Waals surface area contributed by atoms with E-state index < -0.39 is 0 Å². The molecule has 1 aliphatic rings. The van der Waals surface area contributed by atoms with Gasteiger partial charge in [0.15, 0.2) is 11.5 Å². The van der Waals surface area contributed by atoms with Crippen LogP contribution in [0.4, 0.5) is 17.1 Å². The summed E-state index contributed by atoms with van der Waals surface area (Å²) in [4.78, 5) is 2.29. The maximum atomic E-state index is 6.76. The van der Waals surface area contributed by atoms with Gasteiger partial charge in [-0.15, -0.1) is 0 Å². The second kappa shape index (κ2) is 13.0. The van der Waals surface area contributed by atoms with Gasteiger partial charge in [-0.3, -0.25) is 0 Å². The molecule has 0 amide bonds. The predicted octanol–water partition coefficient (Wildman–Crippen LogP) is 13.0. The van der Waals surface area contributed by atoms with Crippen LogP contribution in [0.15, 0.2) is 159 Å². The number of hydrogen-bond donors (Lipinski definition) is 0. The van der Waals surface area contributed by atoms with E-state index in [1.165, 1.54) is 0 Å². The van der Waals surface area contributed by atoms with Crippen molar-refractivity contribution in [3.05, 3.63) is 170 Å². The van der Waals surface area contributed by atoms with Crippen LogP contribution in [-0.4, -0.2) is 18.8 Å². The van der Waals surface area contributed by atoms with Gasteiger partial charge in [0.05, 0.1) is 36.6 Å². The normalized spacial score (nSPS) is 11.8. The van der Waals surface area contributed by atoms with E-state index in [0.29, 0.717) is 0 Å². The van der Waals surface area contributed by atoms with E-state index in [9.17, 15) is 0 Å². The summed E-state index contributed by atoms with van der Waals surface area (Å²) in [6, 6.07) is 50.9. The standard InChI is InChI=1S/C48H36N2O3/c1-5-31-7-11-33(12-8-31)35-15-23-45-47(27-35)53-48-28-36(34-13-9-32(6-2)10-14-34)16-24-46(48)50(45)38-19-17-37(18-20-38)49-43-25-21-39(51-3)29-41(43)42-30-40(52-4)22-26-44(42)49/h5-30H,1-2H2,3-4H3. The van der Waals surface area contributed by atoms with Gasteiger partial charge in [0.25, 0.3) is 0 Å². The lowest BCUT2D eigenvalue weighted by Crippen LogP contribution is -2.16. The van der Waals surface area contributed by atoms with E-state index in [2.05, 4.69) is 156 Å². The van der Waals surface area contributed by atoms with Crippen molar-refractivity contribution in [2.45, 2.75) is 0 Å². The van der Waals surface area contributed by atoms with Crippen LogP contribution in [0.1, 0.15) is 11.1 Å². The minimum absolute atomic E-state index is 0.788. The topological polar surface area (TPSA) is 35.9 Å². The number of nitrogens with zero attached hydrogens (tertiary/aromatic N) is 2. The van der Waals surface area contributed by atoms with Gasteiger partial charge in [0.1, 0.15) is 11.5 Å². The molecule has 0 saturated carbocycles. The molecule has 0 radical (unpaired) electrons. The molecule has 7 aromatic carbocycles. The van der Waals surface area contributed by atoms with Crippen molar-refractivity contribution in [1.82, 2.24) is 4.57 Å². The van der Waals surface area contributed by atoms with Crippen molar-refractivity contribution in [3.63, 3.8) is 0 Å². The summed E-state index contributed by atoms with van der Waals surface area (Å²) in [6.45, 7) is 7.81. The molecule has 0 aliphatic carbocycles. The third-order valence-electron chi connectivity index (χ3n) is 10.1. The summed E-state index contributed by atoms with van der Waals surface area (Å²) in [5.74, 6) is 3.20. The minimum Gasteiger partial charge on any atom is -0.497 e. The van der Waals surface area contributed by atoms with Gasteiger partial charge >= 0.3 is 0 Å². The zero-order chi connectivity index (χ0) is 36.1. The van der Waals surface area contributed by atoms with Gasteiger partial charge in [0, 0.05) is 22.1 Å². The van der Waals surface area contributed by atoms with Crippen molar-refractivity contribution < 1.29 is 14.2 Å². The Balaban J connectivity index is 1.17. The van der Waals surface area contributed by atoms with Crippen molar-refractivity contribution in [2.24, 2.45) is 0 Å². The Hall–Kier alpha value is -6.98. The molecule has 9 rings (SSSR count). The summed E-state index contributed by atoms with van der Waals surface area (Å²) in [7, 11) is 3.40. The quantitative estimate of drug-likeness (QED) is 0.159. The van der Waals surface area contributed by atoms with E-state index in [4.69, 9.17) is 14.2 Å². The Labute approximate surface area is 308 Å². The lowest BCUT2D eigenvalue weighted by molar-refractivity contribution is 0.415. The Bertz CT molecular complexity index is 2530. The Kier molecular flexibility index (Phi) is 7.82. The molecular formula is C48H36N2O3. The summed E-state index contributed by atoms with van der Waals surface area (Å²) < 4.78 is 20.3. The molecule has 1 aliphatic heterocycles. The molecule has 53 heavy (non-hydrogen) atoms. The second-order valence-electron chi connectivity index (χ2n) is 13.1. The van der Waals surface area contributed by atoms with Crippen LogP contribution in [0, 0.1) is 0 Å². The van der Waals surface area contributed by atoms with Crippen molar-refractivity contribution in [3.8, 4) is 50.9 Å². The SMILES string of the molecule is C=Cc1ccc(-c2ccc3c(c2)Oc2cc(-c4ccc(C=C)cc4)ccc2N3c2ccc(-n3c4ccc(OC)cc4c4cc(OC)ccc43)cc2)cc1. The molecule has 1 aromatic heterocycles. The third-order valence-corrected chi connectivity index (χ3v) is 10.1. The van der Waals surface area contributed by atoms with Crippen molar-refractivity contribution >= 4 is 51.0 Å². The average Bonchev–Trinajstić information content (AvgIpc) is 3.55. The molecule has 2 heterocycles. The molecule has 0 atom stereocenters. The molecule has 0 unspecified atom stereocenters. The van der Waals surface area contributed by atoms with E-state index in [-0.39, 0.29) is 0 Å². The molecule has 5 nitrogen and oxygen atoms in total. The zero-order valence-electron chi connectivity index (χ0n) is 29.5. The fourth-order valence-electron chi connectivity index (χ4n) is 7.33. The first-order valence-corrected chi connectivity index (χ1v) is 17.5. The molecule has 0 bridgehead atoms. The lowest BCUT2D eigenvalue weighted by Gasteiger charge is -2.33. The van der Waals surface area contributed by atoms with E-state index in [0.717, 1.165) is 101 Å². The highest BCUT2D eigenvalue weighted by Crippen LogP contribution is 2.52.